The molecule has 0 spiro atoms. The molecule has 0 bridgehead atoms. The summed E-state index contributed by atoms with van der Waals surface area (Å²) < 4.78 is 0. The van der Waals surface area contributed by atoms with E-state index in [9.17, 15) is 24.5 Å². The van der Waals surface area contributed by atoms with E-state index in [0.29, 0.717) is 23.7 Å². The van der Waals surface area contributed by atoms with Crippen molar-refractivity contribution in [3.63, 3.8) is 0 Å². The predicted molar refractivity (Wildman–Crippen MR) is 113 cm³/mol. The molecule has 2 amide bonds. The van der Waals surface area contributed by atoms with E-state index in [2.05, 4.69) is 10.2 Å². The molecule has 1 aliphatic heterocycles. The van der Waals surface area contributed by atoms with Gasteiger partial charge in [0, 0.05) is 44.6 Å². The maximum Gasteiger partial charge on any atom is 0.333 e. The Morgan fingerprint density at radius 1 is 1.09 bits per heavy atom. The lowest BCUT2D eigenvalue weighted by molar-refractivity contribution is -0.384. The molecule has 1 saturated heterocycles. The number of rotatable bonds is 9. The first-order chi connectivity index (χ1) is 15.3. The Hall–Kier alpha value is -4.15. The van der Waals surface area contributed by atoms with Crippen LogP contribution in [0.3, 0.4) is 0 Å². The van der Waals surface area contributed by atoms with Gasteiger partial charge in [0.1, 0.15) is 0 Å². The van der Waals surface area contributed by atoms with E-state index < -0.39 is 22.7 Å². The number of para-hydroxylation sites is 1. The number of hydrogen-bond donors (Lipinski definition) is 0. The summed E-state index contributed by atoms with van der Waals surface area (Å²) >= 11 is 0. The van der Waals surface area contributed by atoms with Gasteiger partial charge in [-0.2, -0.15) is 5.11 Å². The summed E-state index contributed by atoms with van der Waals surface area (Å²) in [6.07, 6.45) is 0.646. The molecular weight excluding hydrogens is 418 g/mol. The monoisotopic (exact) mass is 439 g/mol. The predicted octanol–water partition coefficient (Wildman–Crippen LogP) is 3.83. The fourth-order valence-electron chi connectivity index (χ4n) is 2.98. The third kappa shape index (κ3) is 5.72. The van der Waals surface area contributed by atoms with Gasteiger partial charge in [0.15, 0.2) is 5.69 Å². The zero-order valence-corrected chi connectivity index (χ0v) is 17.3. The highest BCUT2D eigenvalue weighted by atomic mass is 16.7. The van der Waals surface area contributed by atoms with E-state index in [-0.39, 0.29) is 30.6 Å². The summed E-state index contributed by atoms with van der Waals surface area (Å²) in [7, 11) is 1.85. The van der Waals surface area contributed by atoms with Crippen LogP contribution in [0.25, 0.3) is 0 Å². The van der Waals surface area contributed by atoms with E-state index in [1.54, 1.807) is 24.3 Å². The van der Waals surface area contributed by atoms with E-state index in [0.717, 1.165) is 5.69 Å². The maximum atomic E-state index is 11.9. The number of imide groups is 1. The Bertz CT molecular complexity index is 1040. The van der Waals surface area contributed by atoms with Crippen molar-refractivity contribution in [2.45, 2.75) is 25.7 Å². The molecule has 0 unspecified atom stereocenters. The Morgan fingerprint density at radius 2 is 1.75 bits per heavy atom. The second-order valence-electron chi connectivity index (χ2n) is 7.03. The van der Waals surface area contributed by atoms with Crippen LogP contribution in [0.4, 0.5) is 22.7 Å². The van der Waals surface area contributed by atoms with Crippen LogP contribution in [0.15, 0.2) is 58.8 Å². The van der Waals surface area contributed by atoms with Crippen molar-refractivity contribution in [1.29, 1.82) is 0 Å². The fourth-order valence-corrected chi connectivity index (χ4v) is 2.98. The van der Waals surface area contributed by atoms with Gasteiger partial charge in [0.2, 0.25) is 0 Å². The van der Waals surface area contributed by atoms with Crippen molar-refractivity contribution in [3.05, 3.63) is 58.6 Å². The van der Waals surface area contributed by atoms with Crippen molar-refractivity contribution in [2.24, 2.45) is 10.2 Å². The Morgan fingerprint density at radius 3 is 2.41 bits per heavy atom. The van der Waals surface area contributed by atoms with E-state index >= 15 is 0 Å². The number of nitro groups is 1. The molecule has 166 valence electrons. The SMILES string of the molecule is CN(CCCC(=O)ON1C(=O)CCC1=O)c1ccc(N=Nc2ccccc2[N+](=O)[O-])cc1. The van der Waals surface area contributed by atoms with Gasteiger partial charge in [-0.3, -0.25) is 19.7 Å². The van der Waals surface area contributed by atoms with Crippen LogP contribution in [0.1, 0.15) is 25.7 Å². The minimum atomic E-state index is -0.632. The maximum absolute atomic E-state index is 11.9. The summed E-state index contributed by atoms with van der Waals surface area (Å²) in [5.74, 6) is -1.63. The number of nitrogens with zero attached hydrogens (tertiary/aromatic N) is 5. The summed E-state index contributed by atoms with van der Waals surface area (Å²) in [6, 6.07) is 13.2. The molecule has 0 radical (unpaired) electrons. The Balaban J connectivity index is 1.49. The summed E-state index contributed by atoms with van der Waals surface area (Å²) in [5, 5.41) is 19.6. The number of azo groups is 1. The molecule has 3 rings (SSSR count). The van der Waals surface area contributed by atoms with Crippen LogP contribution >= 0.6 is 0 Å². The normalized spacial score (nSPS) is 13.6. The number of anilines is 1. The number of nitro benzene ring substituents is 1. The molecule has 0 aliphatic carbocycles. The molecule has 2 aromatic rings. The molecule has 0 atom stereocenters. The van der Waals surface area contributed by atoms with Crippen LogP contribution < -0.4 is 4.90 Å². The van der Waals surface area contributed by atoms with Gasteiger partial charge in [-0.15, -0.1) is 10.2 Å². The third-order valence-corrected chi connectivity index (χ3v) is 4.72. The molecule has 2 aromatic carbocycles. The number of carbonyl (C=O) groups excluding carboxylic acids is 3. The first-order valence-corrected chi connectivity index (χ1v) is 9.88. The molecule has 1 heterocycles. The van der Waals surface area contributed by atoms with Crippen molar-refractivity contribution in [2.75, 3.05) is 18.5 Å². The van der Waals surface area contributed by atoms with E-state index in [1.807, 2.05) is 24.1 Å². The lowest BCUT2D eigenvalue weighted by Crippen LogP contribution is -2.32. The second kappa shape index (κ2) is 10.2. The van der Waals surface area contributed by atoms with Gasteiger partial charge in [0.05, 0.1) is 10.6 Å². The molecule has 11 nitrogen and oxygen atoms in total. The van der Waals surface area contributed by atoms with Gasteiger partial charge in [-0.25, -0.2) is 4.79 Å². The quantitative estimate of drug-likeness (QED) is 0.251. The van der Waals surface area contributed by atoms with Crippen LogP contribution in [-0.4, -0.2) is 41.4 Å². The van der Waals surface area contributed by atoms with Gasteiger partial charge in [0.25, 0.3) is 17.5 Å². The van der Waals surface area contributed by atoms with Crippen LogP contribution in [0.5, 0.6) is 0 Å². The second-order valence-corrected chi connectivity index (χ2v) is 7.03. The number of amides is 2. The van der Waals surface area contributed by atoms with Gasteiger partial charge >= 0.3 is 5.97 Å². The smallest absolute Gasteiger partial charge is 0.333 e. The number of benzene rings is 2. The van der Waals surface area contributed by atoms with Gasteiger partial charge < -0.3 is 9.74 Å². The average molecular weight is 439 g/mol. The van der Waals surface area contributed by atoms with Crippen LogP contribution in [0, 0.1) is 10.1 Å². The van der Waals surface area contributed by atoms with Crippen LogP contribution in [-0.2, 0) is 19.2 Å². The molecule has 1 aliphatic rings. The van der Waals surface area contributed by atoms with Crippen LogP contribution in [0.2, 0.25) is 0 Å². The van der Waals surface area contributed by atoms with Crippen molar-refractivity contribution < 1.29 is 24.1 Å². The third-order valence-electron chi connectivity index (χ3n) is 4.72. The highest BCUT2D eigenvalue weighted by Crippen LogP contribution is 2.28. The molecule has 32 heavy (non-hydrogen) atoms. The summed E-state index contributed by atoms with van der Waals surface area (Å²) in [4.78, 5) is 52.1. The van der Waals surface area contributed by atoms with E-state index in [4.69, 9.17) is 4.84 Å². The lowest BCUT2D eigenvalue weighted by atomic mass is 10.2. The molecule has 11 heteroatoms. The first kappa shape index (κ1) is 22.5. The number of hydrogen-bond acceptors (Lipinski definition) is 9. The molecule has 0 aromatic heterocycles. The minimum Gasteiger partial charge on any atom is -0.375 e. The van der Waals surface area contributed by atoms with Crippen molar-refractivity contribution in [1.82, 2.24) is 5.06 Å². The topological polar surface area (TPSA) is 135 Å². The van der Waals surface area contributed by atoms with Gasteiger partial charge in [-0.05, 0) is 36.8 Å². The Labute approximate surface area is 183 Å². The van der Waals surface area contributed by atoms with Gasteiger partial charge in [-0.1, -0.05) is 12.1 Å². The van der Waals surface area contributed by atoms with E-state index in [1.165, 1.54) is 12.1 Å². The fraction of sp³-hybridized carbons (Fsp3) is 0.286. The first-order valence-electron chi connectivity index (χ1n) is 9.88. The highest BCUT2D eigenvalue weighted by Gasteiger charge is 2.32. The van der Waals surface area contributed by atoms with Crippen molar-refractivity contribution in [3.8, 4) is 0 Å². The minimum absolute atomic E-state index is 0.0591. The zero-order chi connectivity index (χ0) is 23.1. The highest BCUT2D eigenvalue weighted by molar-refractivity contribution is 6.01. The number of hydroxylamine groups is 2. The van der Waals surface area contributed by atoms with Crippen molar-refractivity contribution >= 4 is 40.5 Å². The molecule has 0 N–H and O–H groups in total. The standard InChI is InChI=1S/C21H21N5O6/c1-24(14-4-7-21(29)32-25-19(27)12-13-20(25)28)16-10-8-15(9-11-16)22-23-17-5-2-3-6-18(17)26(30)31/h2-3,5-6,8-11H,4,7,12-14H2,1H3. The summed E-state index contributed by atoms with van der Waals surface area (Å²) in [5.41, 5.74) is 1.45. The zero-order valence-electron chi connectivity index (χ0n) is 17.3. The molecule has 1 fully saturated rings. The lowest BCUT2D eigenvalue weighted by Gasteiger charge is -2.19. The number of carbonyl (C=O) groups is 3. The Kier molecular flexibility index (Phi) is 7.21. The average Bonchev–Trinajstić information content (AvgIpc) is 3.10. The summed E-state index contributed by atoms with van der Waals surface area (Å²) in [6.45, 7) is 0.536. The largest absolute Gasteiger partial charge is 0.375 e. The molecular formula is C21H21N5O6. The molecule has 0 saturated carbocycles.